The van der Waals surface area contributed by atoms with Crippen LogP contribution in [0.15, 0.2) is 40.8 Å². The summed E-state index contributed by atoms with van der Waals surface area (Å²) in [6.45, 7) is 2.58. The van der Waals surface area contributed by atoms with Crippen molar-refractivity contribution >= 4 is 11.8 Å². The van der Waals surface area contributed by atoms with Gasteiger partial charge in [-0.25, -0.2) is 0 Å². The molecule has 3 rings (SSSR count). The van der Waals surface area contributed by atoms with Gasteiger partial charge in [-0.3, -0.25) is 9.59 Å². The molecule has 1 saturated heterocycles. The van der Waals surface area contributed by atoms with Crippen molar-refractivity contribution in [2.75, 3.05) is 6.54 Å². The number of carbonyl (C=O) groups is 2. The molecule has 0 spiro atoms. The molecule has 5 heteroatoms. The molecule has 0 bridgehead atoms. The predicted molar refractivity (Wildman–Crippen MR) is 87.0 cm³/mol. The van der Waals surface area contributed by atoms with Crippen LogP contribution < -0.4 is 10.6 Å². The first kappa shape index (κ1) is 15.3. The van der Waals surface area contributed by atoms with Crippen molar-refractivity contribution in [1.82, 2.24) is 10.6 Å². The largest absolute Gasteiger partial charge is 0.451 e. The summed E-state index contributed by atoms with van der Waals surface area (Å²) in [5.41, 5.74) is 2.21. The minimum absolute atomic E-state index is 0.0336. The predicted octanol–water partition coefficient (Wildman–Crippen LogP) is 2.52. The summed E-state index contributed by atoms with van der Waals surface area (Å²) >= 11 is 0. The molecular weight excluding hydrogens is 292 g/mol. The van der Waals surface area contributed by atoms with E-state index in [-0.39, 0.29) is 23.6 Å². The van der Waals surface area contributed by atoms with E-state index in [1.165, 1.54) is 5.56 Å². The number of rotatable bonds is 4. The second-order valence-electron chi connectivity index (χ2n) is 5.73. The highest BCUT2D eigenvalue weighted by Crippen LogP contribution is 2.23. The minimum atomic E-state index is -0.248. The van der Waals surface area contributed by atoms with E-state index in [1.54, 1.807) is 12.1 Å². The number of hydrogen-bond acceptors (Lipinski definition) is 3. The lowest BCUT2D eigenvalue weighted by Gasteiger charge is -2.22. The van der Waals surface area contributed by atoms with Crippen LogP contribution in [0.1, 0.15) is 35.9 Å². The van der Waals surface area contributed by atoms with Gasteiger partial charge in [-0.1, -0.05) is 31.2 Å². The van der Waals surface area contributed by atoms with E-state index in [2.05, 4.69) is 29.7 Å². The molecule has 1 fully saturated rings. The molecular formula is C18H20N2O3. The fourth-order valence-electron chi connectivity index (χ4n) is 2.63. The van der Waals surface area contributed by atoms with Gasteiger partial charge < -0.3 is 15.1 Å². The number of piperidine rings is 1. The molecule has 2 amide bonds. The zero-order chi connectivity index (χ0) is 16.2. The van der Waals surface area contributed by atoms with Crippen molar-refractivity contribution in [2.45, 2.75) is 32.2 Å². The van der Waals surface area contributed by atoms with Crippen molar-refractivity contribution in [1.29, 1.82) is 0 Å². The van der Waals surface area contributed by atoms with Crippen LogP contribution in [0.3, 0.4) is 0 Å². The van der Waals surface area contributed by atoms with Crippen molar-refractivity contribution in [3.05, 3.63) is 47.7 Å². The molecule has 0 saturated carbocycles. The Labute approximate surface area is 135 Å². The number of aryl methyl sites for hydroxylation is 1. The summed E-state index contributed by atoms with van der Waals surface area (Å²) in [5.74, 6) is 0.750. The zero-order valence-electron chi connectivity index (χ0n) is 13.1. The maximum atomic E-state index is 12.2. The molecule has 2 aromatic rings. The molecule has 1 aliphatic rings. The van der Waals surface area contributed by atoms with Crippen molar-refractivity contribution in [2.24, 2.45) is 0 Å². The molecule has 5 nitrogen and oxygen atoms in total. The second-order valence-corrected chi connectivity index (χ2v) is 5.73. The summed E-state index contributed by atoms with van der Waals surface area (Å²) in [4.78, 5) is 23.3. The molecule has 23 heavy (non-hydrogen) atoms. The topological polar surface area (TPSA) is 71.3 Å². The van der Waals surface area contributed by atoms with Crippen LogP contribution >= 0.6 is 0 Å². The fourth-order valence-corrected chi connectivity index (χ4v) is 2.63. The molecule has 1 atom stereocenters. The monoisotopic (exact) mass is 312 g/mol. The Hall–Kier alpha value is -2.56. The molecule has 1 aliphatic heterocycles. The van der Waals surface area contributed by atoms with E-state index in [9.17, 15) is 9.59 Å². The smallest absolute Gasteiger partial charge is 0.287 e. The molecule has 2 N–H and O–H groups in total. The highest BCUT2D eigenvalue weighted by Gasteiger charge is 2.21. The standard InChI is InChI=1S/C18H20N2O3/c1-2-12-3-5-13(6-4-12)15-8-9-16(23-15)18(22)20-14-7-10-17(21)19-11-14/h3-6,8-9,14H,2,7,10-11H2,1H3,(H,19,21)(H,20,22)/t14-/m0/s1. The molecule has 1 aromatic carbocycles. The number of nitrogens with one attached hydrogen (secondary N) is 2. The van der Waals surface area contributed by atoms with Crippen LogP contribution in [0.5, 0.6) is 0 Å². The Balaban J connectivity index is 1.65. The second kappa shape index (κ2) is 6.69. The zero-order valence-corrected chi connectivity index (χ0v) is 13.1. The number of furan rings is 1. The first-order valence-corrected chi connectivity index (χ1v) is 7.92. The SMILES string of the molecule is CCc1ccc(-c2ccc(C(=O)N[C@H]3CCC(=O)NC3)o2)cc1. The molecule has 1 aromatic heterocycles. The third kappa shape index (κ3) is 3.62. The average Bonchev–Trinajstić information content (AvgIpc) is 3.07. The number of carbonyl (C=O) groups excluding carboxylic acids is 2. The van der Waals surface area contributed by atoms with E-state index in [1.807, 2.05) is 12.1 Å². The minimum Gasteiger partial charge on any atom is -0.451 e. The summed E-state index contributed by atoms with van der Waals surface area (Å²) in [6.07, 6.45) is 2.09. The highest BCUT2D eigenvalue weighted by atomic mass is 16.3. The van der Waals surface area contributed by atoms with Gasteiger partial charge in [-0.15, -0.1) is 0 Å². The lowest BCUT2D eigenvalue weighted by Crippen LogP contribution is -2.47. The Morgan fingerprint density at radius 3 is 2.70 bits per heavy atom. The van der Waals surface area contributed by atoms with Crippen LogP contribution in [-0.2, 0) is 11.2 Å². The Kier molecular flexibility index (Phi) is 4.46. The lowest BCUT2D eigenvalue weighted by atomic mass is 10.1. The summed E-state index contributed by atoms with van der Waals surface area (Å²) in [6, 6.07) is 11.5. The van der Waals surface area contributed by atoms with Gasteiger partial charge in [0.15, 0.2) is 5.76 Å². The van der Waals surface area contributed by atoms with E-state index in [0.29, 0.717) is 25.1 Å². The van der Waals surface area contributed by atoms with Crippen molar-refractivity contribution < 1.29 is 14.0 Å². The van der Waals surface area contributed by atoms with E-state index in [4.69, 9.17) is 4.42 Å². The Morgan fingerprint density at radius 2 is 2.04 bits per heavy atom. The fraction of sp³-hybridized carbons (Fsp3) is 0.333. The van der Waals surface area contributed by atoms with Crippen LogP contribution in [0.4, 0.5) is 0 Å². The van der Waals surface area contributed by atoms with Crippen molar-refractivity contribution in [3.63, 3.8) is 0 Å². The normalized spacial score (nSPS) is 17.6. The summed E-state index contributed by atoms with van der Waals surface area (Å²) in [7, 11) is 0. The van der Waals surface area contributed by atoms with E-state index in [0.717, 1.165) is 12.0 Å². The first-order valence-electron chi connectivity index (χ1n) is 7.92. The van der Waals surface area contributed by atoms with Gasteiger partial charge in [0.05, 0.1) is 0 Å². The van der Waals surface area contributed by atoms with Crippen LogP contribution in [-0.4, -0.2) is 24.4 Å². The van der Waals surface area contributed by atoms with Crippen LogP contribution in [0, 0.1) is 0 Å². The van der Waals surface area contributed by atoms with E-state index >= 15 is 0 Å². The van der Waals surface area contributed by atoms with Gasteiger partial charge in [0.2, 0.25) is 5.91 Å². The van der Waals surface area contributed by atoms with Gasteiger partial charge in [-0.2, -0.15) is 0 Å². The highest BCUT2D eigenvalue weighted by molar-refractivity contribution is 5.92. The quantitative estimate of drug-likeness (QED) is 0.911. The van der Waals surface area contributed by atoms with E-state index < -0.39 is 0 Å². The number of hydrogen-bond donors (Lipinski definition) is 2. The third-order valence-electron chi connectivity index (χ3n) is 4.08. The van der Waals surface area contributed by atoms with Crippen LogP contribution in [0.25, 0.3) is 11.3 Å². The molecule has 0 radical (unpaired) electrons. The van der Waals surface area contributed by atoms with Gasteiger partial charge in [0.25, 0.3) is 5.91 Å². The van der Waals surface area contributed by atoms with Crippen molar-refractivity contribution in [3.8, 4) is 11.3 Å². The molecule has 120 valence electrons. The summed E-state index contributed by atoms with van der Waals surface area (Å²) in [5, 5.41) is 5.64. The molecule has 2 heterocycles. The third-order valence-corrected chi connectivity index (χ3v) is 4.08. The maximum Gasteiger partial charge on any atom is 0.287 e. The van der Waals surface area contributed by atoms with Gasteiger partial charge >= 0.3 is 0 Å². The van der Waals surface area contributed by atoms with Gasteiger partial charge in [-0.05, 0) is 30.5 Å². The maximum absolute atomic E-state index is 12.2. The molecule has 0 unspecified atom stereocenters. The molecule has 0 aliphatic carbocycles. The Morgan fingerprint density at radius 1 is 1.26 bits per heavy atom. The van der Waals surface area contributed by atoms with Gasteiger partial charge in [0, 0.05) is 24.6 Å². The summed E-state index contributed by atoms with van der Waals surface area (Å²) < 4.78 is 5.67. The Bertz CT molecular complexity index is 693. The van der Waals surface area contributed by atoms with Crippen LogP contribution in [0.2, 0.25) is 0 Å². The first-order chi connectivity index (χ1) is 11.2. The number of amides is 2. The lowest BCUT2D eigenvalue weighted by molar-refractivity contribution is -0.122. The van der Waals surface area contributed by atoms with Gasteiger partial charge in [0.1, 0.15) is 5.76 Å². The average molecular weight is 312 g/mol. The number of benzene rings is 1.